The summed E-state index contributed by atoms with van der Waals surface area (Å²) in [6.07, 6.45) is 5.00. The lowest BCUT2D eigenvalue weighted by molar-refractivity contribution is -0.123. The number of hydrogen-bond donors (Lipinski definition) is 0. The molecule has 7 rings (SSSR count). The number of carbonyl (C=O) groups excluding carboxylic acids is 4. The average molecular weight is 553 g/mol. The zero-order valence-electron chi connectivity index (χ0n) is 20.9. The fraction of sp³-hybridized carbons (Fsp3) is 0.161. The van der Waals surface area contributed by atoms with Crippen LogP contribution < -0.4 is 14.4 Å². The number of ketones is 2. The molecular formula is C31H21ClN2O6. The predicted octanol–water partition coefficient (Wildman–Crippen LogP) is 4.45. The van der Waals surface area contributed by atoms with Crippen LogP contribution in [0.25, 0.3) is 0 Å². The highest BCUT2D eigenvalue weighted by Crippen LogP contribution is 2.48. The molecule has 40 heavy (non-hydrogen) atoms. The topological polar surface area (TPSA) is 93.2 Å². The number of halogens is 1. The zero-order valence-corrected chi connectivity index (χ0v) is 21.7. The van der Waals surface area contributed by atoms with Crippen molar-refractivity contribution in [2.45, 2.75) is 12.1 Å². The van der Waals surface area contributed by atoms with E-state index in [9.17, 15) is 19.2 Å². The molecule has 0 aliphatic carbocycles. The number of amides is 2. The molecule has 0 N–H and O–H groups in total. The predicted molar refractivity (Wildman–Crippen MR) is 145 cm³/mol. The first-order valence-corrected chi connectivity index (χ1v) is 13.1. The van der Waals surface area contributed by atoms with E-state index in [4.69, 9.17) is 21.1 Å². The van der Waals surface area contributed by atoms with Gasteiger partial charge in [-0.25, -0.2) is 4.90 Å². The number of imide groups is 1. The molecule has 0 saturated carbocycles. The number of benzene rings is 3. The van der Waals surface area contributed by atoms with E-state index in [0.717, 1.165) is 4.90 Å². The molecule has 4 aliphatic heterocycles. The van der Waals surface area contributed by atoms with Crippen molar-refractivity contribution in [3.63, 3.8) is 0 Å². The monoisotopic (exact) mass is 552 g/mol. The number of anilines is 1. The third kappa shape index (κ3) is 3.67. The standard InChI is InChI=1S/C31H21ClN2O6/c32-20-8-6-18(7-9-20)29(36)27-26-25(22-14-19(12-13-33(22)27)28(35)17-4-2-1-3-5-17)30(37)34(31(26)38)21-10-11-23-24(15-21)40-16-39-23/h1-15,22,25-27H,16H2/t22-,25-,26+,27-/m1/s1. The van der Waals surface area contributed by atoms with Crippen LogP contribution >= 0.6 is 11.6 Å². The number of carbonyl (C=O) groups is 4. The summed E-state index contributed by atoms with van der Waals surface area (Å²) in [5.74, 6) is -2.30. The van der Waals surface area contributed by atoms with Gasteiger partial charge < -0.3 is 14.4 Å². The highest BCUT2D eigenvalue weighted by Gasteiger charge is 2.63. The lowest BCUT2D eigenvalue weighted by Gasteiger charge is -2.32. The van der Waals surface area contributed by atoms with Crippen LogP contribution in [0.3, 0.4) is 0 Å². The molecule has 2 saturated heterocycles. The van der Waals surface area contributed by atoms with Crippen LogP contribution in [0.1, 0.15) is 20.7 Å². The third-order valence-corrected chi connectivity index (χ3v) is 8.11. The number of rotatable bonds is 5. The van der Waals surface area contributed by atoms with Gasteiger partial charge in [0.2, 0.25) is 18.6 Å². The number of allylic oxidation sites excluding steroid dienone is 2. The molecule has 8 nitrogen and oxygen atoms in total. The van der Waals surface area contributed by atoms with Gasteiger partial charge in [0.05, 0.1) is 23.6 Å². The minimum atomic E-state index is -0.960. The second-order valence-corrected chi connectivity index (χ2v) is 10.4. The number of Topliss-reactive ketones (excluding diaryl/α,β-unsaturated/α-hetero) is 2. The summed E-state index contributed by atoms with van der Waals surface area (Å²) in [4.78, 5) is 58.1. The maximum Gasteiger partial charge on any atom is 0.240 e. The van der Waals surface area contributed by atoms with Crippen LogP contribution in [0.5, 0.6) is 11.5 Å². The summed E-state index contributed by atoms with van der Waals surface area (Å²) < 4.78 is 10.8. The smallest absolute Gasteiger partial charge is 0.240 e. The van der Waals surface area contributed by atoms with Gasteiger partial charge in [-0.2, -0.15) is 0 Å². The summed E-state index contributed by atoms with van der Waals surface area (Å²) in [6.45, 7) is 0.0516. The molecule has 4 heterocycles. The summed E-state index contributed by atoms with van der Waals surface area (Å²) in [6, 6.07) is 18.5. The molecular weight excluding hydrogens is 532 g/mol. The molecule has 4 aliphatic rings. The maximum absolute atomic E-state index is 14.0. The molecule has 0 spiro atoms. The van der Waals surface area contributed by atoms with Crippen LogP contribution in [0.15, 0.2) is 96.7 Å². The molecule has 9 heteroatoms. The fourth-order valence-electron chi connectivity index (χ4n) is 6.02. The number of hydrogen-bond acceptors (Lipinski definition) is 7. The van der Waals surface area contributed by atoms with E-state index >= 15 is 0 Å². The lowest BCUT2D eigenvalue weighted by atomic mass is 9.85. The van der Waals surface area contributed by atoms with Gasteiger partial charge in [-0.15, -0.1) is 0 Å². The van der Waals surface area contributed by atoms with Gasteiger partial charge in [-0.1, -0.05) is 48.0 Å². The molecule has 2 fully saturated rings. The van der Waals surface area contributed by atoms with Crippen molar-refractivity contribution in [1.82, 2.24) is 4.90 Å². The SMILES string of the molecule is O=C(C1=C[C@@H]2[C@H]3C(=O)N(c4ccc5c(c4)OCO5)C(=O)[C@@H]3[C@H](C(=O)c3ccc(Cl)cc3)N2C=C1)c1ccccc1. The highest BCUT2D eigenvalue weighted by atomic mass is 35.5. The van der Waals surface area contributed by atoms with E-state index < -0.39 is 35.7 Å². The zero-order chi connectivity index (χ0) is 27.5. The third-order valence-electron chi connectivity index (χ3n) is 7.86. The molecule has 3 aromatic rings. The van der Waals surface area contributed by atoms with Crippen LogP contribution in [-0.2, 0) is 9.59 Å². The van der Waals surface area contributed by atoms with E-state index in [1.807, 2.05) is 6.07 Å². The average Bonchev–Trinajstić information content (AvgIpc) is 3.65. The van der Waals surface area contributed by atoms with Crippen molar-refractivity contribution in [3.05, 3.63) is 113 Å². The normalized spacial score (nSPS) is 24.2. The second kappa shape index (κ2) is 9.20. The van der Waals surface area contributed by atoms with Crippen LogP contribution in [0.2, 0.25) is 5.02 Å². The van der Waals surface area contributed by atoms with Crippen LogP contribution in [0, 0.1) is 11.8 Å². The Labute approximate surface area is 234 Å². The van der Waals surface area contributed by atoms with Crippen LogP contribution in [0.4, 0.5) is 5.69 Å². The van der Waals surface area contributed by atoms with E-state index in [2.05, 4.69) is 0 Å². The summed E-state index contributed by atoms with van der Waals surface area (Å²) in [5.41, 5.74) is 1.62. The van der Waals surface area contributed by atoms with Crippen LogP contribution in [-0.4, -0.2) is 47.2 Å². The van der Waals surface area contributed by atoms with E-state index in [-0.39, 0.29) is 18.4 Å². The summed E-state index contributed by atoms with van der Waals surface area (Å²) in [5, 5.41) is 0.477. The molecule has 0 aromatic heterocycles. The van der Waals surface area contributed by atoms with Crippen molar-refractivity contribution < 1.29 is 28.7 Å². The number of fused-ring (bicyclic) bond motifs is 4. The number of nitrogens with zero attached hydrogens (tertiary/aromatic N) is 2. The Balaban J connectivity index is 1.30. The Morgan fingerprint density at radius 1 is 0.825 bits per heavy atom. The molecule has 3 aromatic carbocycles. The van der Waals surface area contributed by atoms with Crippen molar-refractivity contribution in [2.75, 3.05) is 11.7 Å². The Bertz CT molecular complexity index is 1650. The molecule has 0 unspecified atom stereocenters. The quantitative estimate of drug-likeness (QED) is 0.341. The minimum absolute atomic E-state index is 0.0516. The Morgan fingerprint density at radius 2 is 1.55 bits per heavy atom. The molecule has 0 radical (unpaired) electrons. The van der Waals surface area contributed by atoms with Gasteiger partial charge in [0.15, 0.2) is 23.1 Å². The number of ether oxygens (including phenoxy) is 2. The minimum Gasteiger partial charge on any atom is -0.454 e. The van der Waals surface area contributed by atoms with Gasteiger partial charge in [-0.05, 0) is 42.5 Å². The van der Waals surface area contributed by atoms with Crippen molar-refractivity contribution in [3.8, 4) is 11.5 Å². The summed E-state index contributed by atoms with van der Waals surface area (Å²) in [7, 11) is 0. The van der Waals surface area contributed by atoms with Gasteiger partial charge in [0.1, 0.15) is 6.04 Å². The highest BCUT2D eigenvalue weighted by molar-refractivity contribution is 6.30. The first-order chi connectivity index (χ1) is 19.4. The summed E-state index contributed by atoms with van der Waals surface area (Å²) >= 11 is 6.04. The second-order valence-electron chi connectivity index (χ2n) is 9.99. The van der Waals surface area contributed by atoms with Crippen molar-refractivity contribution >= 4 is 40.7 Å². The van der Waals surface area contributed by atoms with E-state index in [0.29, 0.717) is 38.9 Å². The maximum atomic E-state index is 14.0. The van der Waals surface area contributed by atoms with Gasteiger partial charge >= 0.3 is 0 Å². The molecule has 198 valence electrons. The van der Waals surface area contributed by atoms with Gasteiger partial charge in [0.25, 0.3) is 0 Å². The Morgan fingerprint density at radius 3 is 2.33 bits per heavy atom. The largest absolute Gasteiger partial charge is 0.454 e. The van der Waals surface area contributed by atoms with E-state index in [1.165, 1.54) is 0 Å². The lowest BCUT2D eigenvalue weighted by Crippen LogP contribution is -2.46. The Kier molecular flexibility index (Phi) is 5.61. The Hall–Kier alpha value is -4.69. The van der Waals surface area contributed by atoms with Gasteiger partial charge in [-0.3, -0.25) is 19.2 Å². The molecule has 2 amide bonds. The molecule has 4 atom stereocenters. The fourth-order valence-corrected chi connectivity index (χ4v) is 6.14. The first-order valence-electron chi connectivity index (χ1n) is 12.8. The first kappa shape index (κ1) is 24.4. The van der Waals surface area contributed by atoms with Crippen molar-refractivity contribution in [1.29, 1.82) is 0 Å². The van der Waals surface area contributed by atoms with Gasteiger partial charge in [0, 0.05) is 34.0 Å². The van der Waals surface area contributed by atoms with Crippen molar-refractivity contribution in [2.24, 2.45) is 11.8 Å². The molecule has 0 bridgehead atoms. The van der Waals surface area contributed by atoms with E-state index in [1.54, 1.807) is 90.0 Å².